The van der Waals surface area contributed by atoms with Crippen molar-refractivity contribution in [3.8, 4) is 0 Å². The maximum absolute atomic E-state index is 13.6. The van der Waals surface area contributed by atoms with Crippen molar-refractivity contribution in [3.63, 3.8) is 0 Å². The lowest BCUT2D eigenvalue weighted by atomic mass is 10.1. The highest BCUT2D eigenvalue weighted by Gasteiger charge is 2.25. The molecule has 0 aliphatic heterocycles. The summed E-state index contributed by atoms with van der Waals surface area (Å²) in [5.41, 5.74) is -0.502. The van der Waals surface area contributed by atoms with E-state index in [1.54, 1.807) is 20.8 Å². The van der Waals surface area contributed by atoms with Crippen molar-refractivity contribution < 1.29 is 17.6 Å². The molecular formula is C12H17FN2O3S. The molecular weight excluding hydrogens is 271 g/mol. The maximum Gasteiger partial charge on any atom is 0.244 e. The summed E-state index contributed by atoms with van der Waals surface area (Å²) in [7, 11) is -3.98. The second-order valence-corrected chi connectivity index (χ2v) is 6.83. The second kappa shape index (κ2) is 5.26. The number of carbonyl (C=O) groups excluding carboxylic acids is 1. The number of nitrogens with one attached hydrogen (secondary N) is 2. The highest BCUT2D eigenvalue weighted by atomic mass is 32.2. The van der Waals surface area contributed by atoms with Crippen LogP contribution in [0, 0.1) is 5.82 Å². The maximum atomic E-state index is 13.6. The van der Waals surface area contributed by atoms with Gasteiger partial charge in [0.25, 0.3) is 0 Å². The minimum Gasteiger partial charge on any atom is -0.326 e. The Bertz CT molecular complexity index is 591. The van der Waals surface area contributed by atoms with Gasteiger partial charge in [0.15, 0.2) is 0 Å². The van der Waals surface area contributed by atoms with E-state index in [2.05, 4.69) is 10.0 Å². The van der Waals surface area contributed by atoms with Crippen LogP contribution in [0.5, 0.6) is 0 Å². The highest BCUT2D eigenvalue weighted by Crippen LogP contribution is 2.21. The summed E-state index contributed by atoms with van der Waals surface area (Å²) in [5.74, 6) is -1.23. The van der Waals surface area contributed by atoms with Crippen molar-refractivity contribution in [3.05, 3.63) is 24.0 Å². The third-order valence-corrected chi connectivity index (χ3v) is 3.75. The Morgan fingerprint density at radius 3 is 2.32 bits per heavy atom. The van der Waals surface area contributed by atoms with Crippen molar-refractivity contribution in [2.75, 3.05) is 5.32 Å². The normalized spacial score (nSPS) is 12.3. The molecule has 0 aliphatic carbocycles. The van der Waals surface area contributed by atoms with Crippen LogP contribution in [0.1, 0.15) is 27.7 Å². The third kappa shape index (κ3) is 4.60. The van der Waals surface area contributed by atoms with E-state index in [1.165, 1.54) is 13.0 Å². The lowest BCUT2D eigenvalue weighted by molar-refractivity contribution is -0.114. The van der Waals surface area contributed by atoms with Gasteiger partial charge in [-0.15, -0.1) is 0 Å². The van der Waals surface area contributed by atoms with Gasteiger partial charge in [-0.3, -0.25) is 4.79 Å². The Labute approximate surface area is 112 Å². The molecule has 1 aromatic carbocycles. The van der Waals surface area contributed by atoms with Gasteiger partial charge in [-0.05, 0) is 39.0 Å². The van der Waals surface area contributed by atoms with E-state index in [0.29, 0.717) is 0 Å². The summed E-state index contributed by atoms with van der Waals surface area (Å²) in [6.45, 7) is 6.24. The predicted molar refractivity (Wildman–Crippen MR) is 70.8 cm³/mol. The number of halogens is 1. The van der Waals surface area contributed by atoms with Crippen molar-refractivity contribution in [2.24, 2.45) is 0 Å². The molecule has 0 atom stereocenters. The topological polar surface area (TPSA) is 75.3 Å². The van der Waals surface area contributed by atoms with Crippen molar-refractivity contribution >= 4 is 21.6 Å². The summed E-state index contributed by atoms with van der Waals surface area (Å²) in [5, 5.41) is 2.41. The van der Waals surface area contributed by atoms with Crippen LogP contribution in [0.2, 0.25) is 0 Å². The first-order valence-electron chi connectivity index (χ1n) is 5.62. The van der Waals surface area contributed by atoms with Crippen LogP contribution in [-0.4, -0.2) is 19.9 Å². The standard InChI is InChI=1S/C12H17FN2O3S/c1-8(16)14-9-5-6-10(13)11(7-9)19(17,18)15-12(2,3)4/h5-7,15H,1-4H3,(H,14,16). The van der Waals surface area contributed by atoms with Gasteiger partial charge in [-0.1, -0.05) is 0 Å². The monoisotopic (exact) mass is 288 g/mol. The molecule has 0 spiro atoms. The molecule has 5 nitrogen and oxygen atoms in total. The summed E-state index contributed by atoms with van der Waals surface area (Å²) < 4.78 is 40.1. The molecule has 0 saturated carbocycles. The van der Waals surface area contributed by atoms with Gasteiger partial charge >= 0.3 is 0 Å². The van der Waals surface area contributed by atoms with Crippen LogP contribution < -0.4 is 10.0 Å². The summed E-state index contributed by atoms with van der Waals surface area (Å²) in [6.07, 6.45) is 0. The van der Waals surface area contributed by atoms with Crippen molar-refractivity contribution in [1.29, 1.82) is 0 Å². The molecule has 1 rings (SSSR count). The van der Waals surface area contributed by atoms with Crippen LogP contribution in [0.4, 0.5) is 10.1 Å². The predicted octanol–water partition coefficient (Wildman–Crippen LogP) is 1.86. The fourth-order valence-electron chi connectivity index (χ4n) is 1.45. The van der Waals surface area contributed by atoms with Gasteiger partial charge in [0.05, 0.1) is 0 Å². The lowest BCUT2D eigenvalue weighted by Crippen LogP contribution is -2.40. The first-order chi connectivity index (χ1) is 8.51. The molecule has 0 unspecified atom stereocenters. The summed E-state index contributed by atoms with van der Waals surface area (Å²) >= 11 is 0. The molecule has 0 aromatic heterocycles. The van der Waals surface area contributed by atoms with Crippen molar-refractivity contribution in [2.45, 2.75) is 38.1 Å². The van der Waals surface area contributed by atoms with Crippen LogP contribution in [-0.2, 0) is 14.8 Å². The zero-order valence-electron chi connectivity index (χ0n) is 11.2. The molecule has 1 amide bonds. The van der Waals surface area contributed by atoms with Gasteiger partial charge in [0, 0.05) is 18.2 Å². The number of amides is 1. The molecule has 1 aromatic rings. The third-order valence-electron chi connectivity index (χ3n) is 1.98. The average Bonchev–Trinajstić information content (AvgIpc) is 2.16. The van der Waals surface area contributed by atoms with Crippen LogP contribution >= 0.6 is 0 Å². The van der Waals surface area contributed by atoms with Gasteiger partial charge in [0.2, 0.25) is 15.9 Å². The quantitative estimate of drug-likeness (QED) is 0.891. The largest absolute Gasteiger partial charge is 0.326 e. The number of hydrogen-bond acceptors (Lipinski definition) is 3. The highest BCUT2D eigenvalue weighted by molar-refractivity contribution is 7.89. The Hall–Kier alpha value is -1.47. The number of benzene rings is 1. The number of sulfonamides is 1. The number of carbonyl (C=O) groups is 1. The Balaban J connectivity index is 3.22. The molecule has 2 N–H and O–H groups in total. The molecule has 0 heterocycles. The molecule has 0 fully saturated rings. The SMILES string of the molecule is CC(=O)Nc1ccc(F)c(S(=O)(=O)NC(C)(C)C)c1. The molecule has 0 radical (unpaired) electrons. The first-order valence-corrected chi connectivity index (χ1v) is 7.11. The molecule has 106 valence electrons. The average molecular weight is 288 g/mol. The molecule has 0 saturated heterocycles. The summed E-state index contributed by atoms with van der Waals surface area (Å²) in [4.78, 5) is 10.4. The lowest BCUT2D eigenvalue weighted by Gasteiger charge is -2.20. The zero-order valence-corrected chi connectivity index (χ0v) is 12.1. The Morgan fingerprint density at radius 1 is 1.26 bits per heavy atom. The minimum atomic E-state index is -3.98. The van der Waals surface area contributed by atoms with Gasteiger partial charge < -0.3 is 5.32 Å². The van der Waals surface area contributed by atoms with Gasteiger partial charge in [0.1, 0.15) is 10.7 Å². The molecule has 19 heavy (non-hydrogen) atoms. The van der Waals surface area contributed by atoms with Crippen LogP contribution in [0.15, 0.2) is 23.1 Å². The molecule has 7 heteroatoms. The van der Waals surface area contributed by atoms with E-state index in [9.17, 15) is 17.6 Å². The van der Waals surface area contributed by atoms with E-state index in [4.69, 9.17) is 0 Å². The van der Waals surface area contributed by atoms with Crippen molar-refractivity contribution in [1.82, 2.24) is 4.72 Å². The van der Waals surface area contributed by atoms with E-state index in [-0.39, 0.29) is 11.6 Å². The van der Waals surface area contributed by atoms with Crippen LogP contribution in [0.25, 0.3) is 0 Å². The van der Waals surface area contributed by atoms with E-state index in [0.717, 1.165) is 12.1 Å². The van der Waals surface area contributed by atoms with E-state index in [1.807, 2.05) is 0 Å². The number of hydrogen-bond donors (Lipinski definition) is 2. The van der Waals surface area contributed by atoms with E-state index >= 15 is 0 Å². The molecule has 0 aliphatic rings. The van der Waals surface area contributed by atoms with Gasteiger partial charge in [-0.25, -0.2) is 17.5 Å². The zero-order chi connectivity index (χ0) is 14.8. The smallest absolute Gasteiger partial charge is 0.244 e. The number of rotatable bonds is 3. The first kappa shape index (κ1) is 15.6. The Morgan fingerprint density at radius 2 is 1.84 bits per heavy atom. The fraction of sp³-hybridized carbons (Fsp3) is 0.417. The van der Waals surface area contributed by atoms with Gasteiger partial charge in [-0.2, -0.15) is 0 Å². The Kier molecular flexibility index (Phi) is 4.32. The molecule has 0 bridgehead atoms. The van der Waals surface area contributed by atoms with E-state index < -0.39 is 26.3 Å². The van der Waals surface area contributed by atoms with Crippen LogP contribution in [0.3, 0.4) is 0 Å². The number of anilines is 1. The summed E-state index contributed by atoms with van der Waals surface area (Å²) in [6, 6.07) is 3.39. The fourth-order valence-corrected chi connectivity index (χ4v) is 2.97. The second-order valence-electron chi connectivity index (χ2n) is 5.18. The minimum absolute atomic E-state index is 0.225.